The monoisotopic (exact) mass is 400 g/mol. The summed E-state index contributed by atoms with van der Waals surface area (Å²) in [4.78, 5) is 0. The van der Waals surface area contributed by atoms with Gasteiger partial charge < -0.3 is 9.84 Å². The van der Waals surface area contributed by atoms with E-state index in [-0.39, 0.29) is 12.5 Å². The molecule has 0 saturated heterocycles. The third kappa shape index (κ3) is 9.49. The number of aryl methyl sites for hydroxylation is 1. The molecule has 1 aliphatic carbocycles. The zero-order chi connectivity index (χ0) is 20.9. The van der Waals surface area contributed by atoms with Crippen molar-refractivity contribution in [2.45, 2.75) is 90.4 Å². The number of benzene rings is 1. The van der Waals surface area contributed by atoms with Gasteiger partial charge in [0.25, 0.3) is 0 Å². The van der Waals surface area contributed by atoms with Gasteiger partial charge in [0.15, 0.2) is 0 Å². The van der Waals surface area contributed by atoms with Crippen LogP contribution in [0.4, 0.5) is 0 Å². The molecule has 1 N–H and O–H groups in total. The van der Waals surface area contributed by atoms with Crippen molar-refractivity contribution in [3.63, 3.8) is 0 Å². The molecular weight excluding hydrogens is 356 g/mol. The highest BCUT2D eigenvalue weighted by molar-refractivity contribution is 5.26. The van der Waals surface area contributed by atoms with E-state index in [1.165, 1.54) is 68.9 Å². The summed E-state index contributed by atoms with van der Waals surface area (Å²) in [6, 6.07) is 9.31. The number of hydrogen-bond donors (Lipinski definition) is 1. The fraction of sp³-hybridized carbons (Fsp3) is 0.704. The van der Waals surface area contributed by atoms with E-state index in [1.807, 2.05) is 6.92 Å². The van der Waals surface area contributed by atoms with Crippen LogP contribution in [-0.4, -0.2) is 24.9 Å². The van der Waals surface area contributed by atoms with E-state index in [1.54, 1.807) is 0 Å². The summed E-state index contributed by atoms with van der Waals surface area (Å²) in [5, 5.41) is 9.58. The molecule has 0 spiro atoms. The van der Waals surface area contributed by atoms with Crippen LogP contribution in [0.25, 0.3) is 0 Å². The molecule has 2 nitrogen and oxygen atoms in total. The molecular formula is C27H44O2. The predicted octanol–water partition coefficient (Wildman–Crippen LogP) is 7.06. The van der Waals surface area contributed by atoms with Crippen LogP contribution in [0.15, 0.2) is 36.4 Å². The minimum Gasteiger partial charge on any atom is -0.396 e. The first kappa shape index (κ1) is 24.2. The van der Waals surface area contributed by atoms with E-state index < -0.39 is 0 Å². The molecule has 0 bridgehead atoms. The Morgan fingerprint density at radius 3 is 2.45 bits per heavy atom. The van der Waals surface area contributed by atoms with E-state index in [0.717, 1.165) is 30.3 Å². The molecule has 1 atom stereocenters. The Hall–Kier alpha value is -1.12. The summed E-state index contributed by atoms with van der Waals surface area (Å²) in [6.07, 6.45) is 14.6. The second kappa shape index (κ2) is 14.0. The van der Waals surface area contributed by atoms with E-state index in [4.69, 9.17) is 4.74 Å². The number of rotatable bonds is 14. The van der Waals surface area contributed by atoms with Crippen LogP contribution in [-0.2, 0) is 11.2 Å². The lowest BCUT2D eigenvalue weighted by atomic mass is 9.77. The van der Waals surface area contributed by atoms with Gasteiger partial charge in [-0.2, -0.15) is 0 Å². The maximum Gasteiger partial charge on any atom is 0.0671 e. The Kier molecular flexibility index (Phi) is 11.6. The second-order valence-electron chi connectivity index (χ2n) is 9.37. The molecule has 0 heterocycles. The maximum absolute atomic E-state index is 9.58. The molecule has 2 heteroatoms. The van der Waals surface area contributed by atoms with Gasteiger partial charge in [0, 0.05) is 12.5 Å². The molecule has 0 aromatic heterocycles. The van der Waals surface area contributed by atoms with Gasteiger partial charge in [-0.1, -0.05) is 75.4 Å². The van der Waals surface area contributed by atoms with Crippen molar-refractivity contribution in [2.24, 2.45) is 11.8 Å². The summed E-state index contributed by atoms with van der Waals surface area (Å²) >= 11 is 0. The summed E-state index contributed by atoms with van der Waals surface area (Å²) < 4.78 is 5.62. The normalized spacial score (nSPS) is 20.5. The van der Waals surface area contributed by atoms with Crippen molar-refractivity contribution < 1.29 is 9.84 Å². The van der Waals surface area contributed by atoms with Gasteiger partial charge in [-0.25, -0.2) is 0 Å². The van der Waals surface area contributed by atoms with Gasteiger partial charge in [-0.15, -0.1) is 0 Å². The van der Waals surface area contributed by atoms with Crippen LogP contribution >= 0.6 is 0 Å². The van der Waals surface area contributed by atoms with E-state index in [9.17, 15) is 5.11 Å². The Morgan fingerprint density at radius 1 is 1.10 bits per heavy atom. The van der Waals surface area contributed by atoms with Crippen molar-refractivity contribution in [3.05, 3.63) is 47.5 Å². The van der Waals surface area contributed by atoms with E-state index >= 15 is 0 Å². The topological polar surface area (TPSA) is 29.5 Å². The standard InChI is InChI=1S/C27H44O2/c1-4-5-6-7-8-23-11-15-26(16-12-23)27-17-13-24(14-18-27)9-10-25(19-28)21-29-20-22(2)3/h13-14,17-18,23,25-26,28H,2,4-12,15-16,19-21H2,1,3H3. The van der Waals surface area contributed by atoms with Crippen molar-refractivity contribution in [1.29, 1.82) is 0 Å². The smallest absolute Gasteiger partial charge is 0.0671 e. The molecule has 1 aromatic carbocycles. The van der Waals surface area contributed by atoms with Crippen LogP contribution in [0.2, 0.25) is 0 Å². The Balaban J connectivity index is 1.69. The number of ether oxygens (including phenoxy) is 1. The largest absolute Gasteiger partial charge is 0.396 e. The number of hydrogen-bond acceptors (Lipinski definition) is 2. The third-order valence-corrected chi connectivity index (χ3v) is 6.57. The van der Waals surface area contributed by atoms with Crippen LogP contribution in [0.1, 0.15) is 95.1 Å². The fourth-order valence-corrected chi connectivity index (χ4v) is 4.60. The Bertz CT molecular complexity index is 554. The minimum absolute atomic E-state index is 0.190. The van der Waals surface area contributed by atoms with Gasteiger partial charge in [-0.3, -0.25) is 0 Å². The van der Waals surface area contributed by atoms with Gasteiger partial charge >= 0.3 is 0 Å². The SMILES string of the molecule is C=C(C)COCC(CO)CCc1ccc(C2CCC(CCCCCC)CC2)cc1. The minimum atomic E-state index is 0.190. The van der Waals surface area contributed by atoms with Crippen LogP contribution in [0.5, 0.6) is 0 Å². The van der Waals surface area contributed by atoms with Crippen LogP contribution < -0.4 is 0 Å². The van der Waals surface area contributed by atoms with E-state index in [0.29, 0.717) is 13.2 Å². The molecule has 1 fully saturated rings. The van der Waals surface area contributed by atoms with E-state index in [2.05, 4.69) is 37.8 Å². The van der Waals surface area contributed by atoms with Crippen molar-refractivity contribution >= 4 is 0 Å². The summed E-state index contributed by atoms with van der Waals surface area (Å²) in [5.41, 5.74) is 3.93. The number of aliphatic hydroxyl groups is 1. The number of unbranched alkanes of at least 4 members (excludes halogenated alkanes) is 3. The quantitative estimate of drug-likeness (QED) is 0.267. The zero-order valence-electron chi connectivity index (χ0n) is 19.0. The number of aliphatic hydroxyl groups excluding tert-OH is 1. The first-order valence-corrected chi connectivity index (χ1v) is 12.0. The molecule has 29 heavy (non-hydrogen) atoms. The summed E-state index contributed by atoms with van der Waals surface area (Å²) in [6.45, 7) is 9.51. The Labute approximate surface area is 179 Å². The highest BCUT2D eigenvalue weighted by Crippen LogP contribution is 2.37. The lowest BCUT2D eigenvalue weighted by Gasteiger charge is -2.29. The molecule has 1 aliphatic rings. The van der Waals surface area contributed by atoms with Gasteiger partial charge in [-0.05, 0) is 68.4 Å². The average molecular weight is 401 g/mol. The molecule has 1 aromatic rings. The van der Waals surface area contributed by atoms with Crippen LogP contribution in [0.3, 0.4) is 0 Å². The molecule has 1 unspecified atom stereocenters. The van der Waals surface area contributed by atoms with Crippen molar-refractivity contribution in [2.75, 3.05) is 19.8 Å². The summed E-state index contributed by atoms with van der Waals surface area (Å²) in [5.74, 6) is 1.95. The highest BCUT2D eigenvalue weighted by atomic mass is 16.5. The lowest BCUT2D eigenvalue weighted by molar-refractivity contribution is 0.0825. The molecule has 0 amide bonds. The van der Waals surface area contributed by atoms with Gasteiger partial charge in [0.05, 0.1) is 13.2 Å². The van der Waals surface area contributed by atoms with Crippen molar-refractivity contribution in [1.82, 2.24) is 0 Å². The molecule has 0 radical (unpaired) electrons. The summed E-state index contributed by atoms with van der Waals surface area (Å²) in [7, 11) is 0. The molecule has 1 saturated carbocycles. The van der Waals surface area contributed by atoms with Gasteiger partial charge in [0.1, 0.15) is 0 Å². The first-order chi connectivity index (χ1) is 14.1. The van der Waals surface area contributed by atoms with Crippen LogP contribution in [0, 0.1) is 11.8 Å². The highest BCUT2D eigenvalue weighted by Gasteiger charge is 2.22. The Morgan fingerprint density at radius 2 is 1.83 bits per heavy atom. The molecule has 0 aliphatic heterocycles. The first-order valence-electron chi connectivity index (χ1n) is 12.0. The van der Waals surface area contributed by atoms with Crippen molar-refractivity contribution in [3.8, 4) is 0 Å². The molecule has 2 rings (SSSR count). The zero-order valence-corrected chi connectivity index (χ0v) is 19.0. The van der Waals surface area contributed by atoms with Gasteiger partial charge in [0.2, 0.25) is 0 Å². The fourth-order valence-electron chi connectivity index (χ4n) is 4.60. The maximum atomic E-state index is 9.58. The second-order valence-corrected chi connectivity index (χ2v) is 9.37. The molecule has 164 valence electrons. The lowest BCUT2D eigenvalue weighted by Crippen LogP contribution is -2.16. The average Bonchev–Trinajstić information content (AvgIpc) is 2.74. The third-order valence-electron chi connectivity index (χ3n) is 6.57. The predicted molar refractivity (Wildman–Crippen MR) is 124 cm³/mol.